The van der Waals surface area contributed by atoms with Crippen LogP contribution in [0.5, 0.6) is 0 Å². The SMILES string of the molecule is N#CCCN(c1ccc(CBr)cc1Br)C1CC1. The van der Waals surface area contributed by atoms with Crippen molar-refractivity contribution in [1.29, 1.82) is 5.26 Å². The summed E-state index contributed by atoms with van der Waals surface area (Å²) in [6, 6.07) is 9.29. The van der Waals surface area contributed by atoms with Crippen LogP contribution in [-0.2, 0) is 5.33 Å². The Labute approximate surface area is 119 Å². The van der Waals surface area contributed by atoms with Crippen LogP contribution < -0.4 is 4.90 Å². The monoisotopic (exact) mass is 356 g/mol. The lowest BCUT2D eigenvalue weighted by atomic mass is 10.2. The molecule has 2 rings (SSSR count). The van der Waals surface area contributed by atoms with E-state index in [1.807, 2.05) is 0 Å². The van der Waals surface area contributed by atoms with Gasteiger partial charge in [-0.05, 0) is 46.5 Å². The summed E-state index contributed by atoms with van der Waals surface area (Å²) < 4.78 is 1.12. The highest BCUT2D eigenvalue weighted by Gasteiger charge is 2.29. The van der Waals surface area contributed by atoms with Crippen molar-refractivity contribution in [3.05, 3.63) is 28.2 Å². The molecule has 0 aliphatic heterocycles. The lowest BCUT2D eigenvalue weighted by Gasteiger charge is -2.25. The molecule has 17 heavy (non-hydrogen) atoms. The molecule has 4 heteroatoms. The maximum Gasteiger partial charge on any atom is 0.0640 e. The second kappa shape index (κ2) is 5.88. The fourth-order valence-corrected chi connectivity index (χ4v) is 2.93. The molecule has 0 aromatic heterocycles. The van der Waals surface area contributed by atoms with Gasteiger partial charge in [-0.15, -0.1) is 0 Å². The molecule has 1 aliphatic rings. The summed E-state index contributed by atoms with van der Waals surface area (Å²) in [5.74, 6) is 0. The predicted molar refractivity (Wildman–Crippen MR) is 77.4 cm³/mol. The average Bonchev–Trinajstić information content (AvgIpc) is 3.15. The van der Waals surface area contributed by atoms with Crippen LogP contribution in [0.15, 0.2) is 22.7 Å². The molecular formula is C13H14Br2N2. The summed E-state index contributed by atoms with van der Waals surface area (Å²) >= 11 is 7.09. The Balaban J connectivity index is 2.20. The van der Waals surface area contributed by atoms with Gasteiger partial charge in [0.15, 0.2) is 0 Å². The first-order chi connectivity index (χ1) is 8.26. The van der Waals surface area contributed by atoms with Crippen LogP contribution >= 0.6 is 31.9 Å². The minimum absolute atomic E-state index is 0.586. The lowest BCUT2D eigenvalue weighted by Crippen LogP contribution is -2.26. The van der Waals surface area contributed by atoms with Crippen molar-refractivity contribution in [2.75, 3.05) is 11.4 Å². The number of hydrogen-bond acceptors (Lipinski definition) is 2. The molecule has 1 aromatic rings. The van der Waals surface area contributed by atoms with E-state index in [4.69, 9.17) is 5.26 Å². The van der Waals surface area contributed by atoms with Crippen molar-refractivity contribution in [3.63, 3.8) is 0 Å². The van der Waals surface area contributed by atoms with Crippen molar-refractivity contribution < 1.29 is 0 Å². The van der Waals surface area contributed by atoms with Crippen molar-refractivity contribution in [1.82, 2.24) is 0 Å². The highest BCUT2D eigenvalue weighted by Crippen LogP contribution is 2.36. The van der Waals surface area contributed by atoms with E-state index < -0.39 is 0 Å². The summed E-state index contributed by atoms with van der Waals surface area (Å²) in [6.45, 7) is 0.827. The maximum absolute atomic E-state index is 8.72. The number of halogens is 2. The van der Waals surface area contributed by atoms with Gasteiger partial charge in [0.05, 0.1) is 18.2 Å². The van der Waals surface area contributed by atoms with Gasteiger partial charge in [0.1, 0.15) is 0 Å². The summed E-state index contributed by atoms with van der Waals surface area (Å²) in [4.78, 5) is 2.35. The highest BCUT2D eigenvalue weighted by molar-refractivity contribution is 9.10. The van der Waals surface area contributed by atoms with Crippen molar-refractivity contribution in [2.24, 2.45) is 0 Å². The molecule has 0 N–H and O–H groups in total. The number of anilines is 1. The Morgan fingerprint density at radius 2 is 2.18 bits per heavy atom. The van der Waals surface area contributed by atoms with Crippen molar-refractivity contribution in [3.8, 4) is 6.07 Å². The van der Waals surface area contributed by atoms with E-state index in [2.05, 4.69) is 61.0 Å². The zero-order valence-electron chi connectivity index (χ0n) is 9.50. The Hall–Kier alpha value is -0.530. The molecule has 0 heterocycles. The van der Waals surface area contributed by atoms with Gasteiger partial charge >= 0.3 is 0 Å². The van der Waals surface area contributed by atoms with E-state index in [1.54, 1.807) is 0 Å². The van der Waals surface area contributed by atoms with Crippen LogP contribution in [-0.4, -0.2) is 12.6 Å². The van der Waals surface area contributed by atoms with Crippen LogP contribution in [0.1, 0.15) is 24.8 Å². The van der Waals surface area contributed by atoms with Gasteiger partial charge in [0, 0.05) is 22.4 Å². The Morgan fingerprint density at radius 3 is 2.71 bits per heavy atom. The van der Waals surface area contributed by atoms with E-state index in [0.717, 1.165) is 16.3 Å². The molecule has 0 unspecified atom stereocenters. The molecule has 0 atom stereocenters. The van der Waals surface area contributed by atoms with E-state index in [-0.39, 0.29) is 0 Å². The maximum atomic E-state index is 8.72. The fourth-order valence-electron chi connectivity index (χ4n) is 1.92. The number of benzene rings is 1. The molecule has 1 aliphatic carbocycles. The highest BCUT2D eigenvalue weighted by atomic mass is 79.9. The largest absolute Gasteiger partial charge is 0.367 e. The van der Waals surface area contributed by atoms with Crippen LogP contribution in [0, 0.1) is 11.3 Å². The number of alkyl halides is 1. The van der Waals surface area contributed by atoms with Gasteiger partial charge in [0.25, 0.3) is 0 Å². The third-order valence-corrected chi connectivity index (χ3v) is 4.21. The third-order valence-electron chi connectivity index (χ3n) is 2.93. The average molecular weight is 358 g/mol. The number of hydrogen-bond donors (Lipinski definition) is 0. The first-order valence-corrected chi connectivity index (χ1v) is 7.65. The molecule has 0 radical (unpaired) electrons. The second-order valence-electron chi connectivity index (χ2n) is 4.25. The Morgan fingerprint density at radius 1 is 1.41 bits per heavy atom. The summed E-state index contributed by atoms with van der Waals surface area (Å²) in [5.41, 5.74) is 2.48. The minimum Gasteiger partial charge on any atom is -0.367 e. The van der Waals surface area contributed by atoms with E-state index in [1.165, 1.54) is 24.1 Å². The van der Waals surface area contributed by atoms with Gasteiger partial charge in [-0.3, -0.25) is 0 Å². The number of rotatable bonds is 5. The summed E-state index contributed by atoms with van der Waals surface area (Å²) in [7, 11) is 0. The smallest absolute Gasteiger partial charge is 0.0640 e. The summed E-state index contributed by atoms with van der Waals surface area (Å²) in [6.07, 6.45) is 3.08. The van der Waals surface area contributed by atoms with E-state index in [0.29, 0.717) is 12.5 Å². The van der Waals surface area contributed by atoms with Crippen LogP contribution in [0.3, 0.4) is 0 Å². The van der Waals surface area contributed by atoms with E-state index in [9.17, 15) is 0 Å². The van der Waals surface area contributed by atoms with Crippen molar-refractivity contribution in [2.45, 2.75) is 30.6 Å². The quantitative estimate of drug-likeness (QED) is 0.737. The normalized spacial score (nSPS) is 14.4. The minimum atomic E-state index is 0.586. The van der Waals surface area contributed by atoms with Crippen LogP contribution in [0.2, 0.25) is 0 Å². The fraction of sp³-hybridized carbons (Fsp3) is 0.462. The topological polar surface area (TPSA) is 27.0 Å². The van der Waals surface area contributed by atoms with E-state index >= 15 is 0 Å². The molecule has 0 bridgehead atoms. The molecule has 1 aromatic carbocycles. The van der Waals surface area contributed by atoms with Gasteiger partial charge < -0.3 is 4.90 Å². The van der Waals surface area contributed by atoms with Crippen molar-refractivity contribution >= 4 is 37.5 Å². The number of nitrogens with zero attached hydrogens (tertiary/aromatic N) is 2. The number of nitriles is 1. The van der Waals surface area contributed by atoms with Gasteiger partial charge in [-0.1, -0.05) is 22.0 Å². The standard InChI is InChI=1S/C13H14Br2N2/c14-9-10-2-5-13(12(15)8-10)17(7-1-6-16)11-3-4-11/h2,5,8,11H,1,3-4,7,9H2. The first kappa shape index (κ1) is 12.9. The molecule has 1 fully saturated rings. The van der Waals surface area contributed by atoms with Crippen LogP contribution in [0.4, 0.5) is 5.69 Å². The van der Waals surface area contributed by atoms with Gasteiger partial charge in [-0.2, -0.15) is 5.26 Å². The molecule has 0 spiro atoms. The lowest BCUT2D eigenvalue weighted by molar-refractivity contribution is 0.791. The van der Waals surface area contributed by atoms with Crippen LogP contribution in [0.25, 0.3) is 0 Å². The third kappa shape index (κ3) is 3.23. The zero-order valence-corrected chi connectivity index (χ0v) is 12.7. The molecule has 1 saturated carbocycles. The summed E-state index contributed by atoms with van der Waals surface area (Å²) in [5, 5.41) is 9.59. The first-order valence-electron chi connectivity index (χ1n) is 5.74. The molecule has 2 nitrogen and oxygen atoms in total. The molecule has 0 saturated heterocycles. The molecule has 90 valence electrons. The van der Waals surface area contributed by atoms with Gasteiger partial charge in [-0.25, -0.2) is 0 Å². The second-order valence-corrected chi connectivity index (χ2v) is 5.67. The molecular weight excluding hydrogens is 344 g/mol. The molecule has 0 amide bonds. The zero-order chi connectivity index (χ0) is 12.3. The van der Waals surface area contributed by atoms with Gasteiger partial charge in [0.2, 0.25) is 0 Å². The Kier molecular flexibility index (Phi) is 4.47. The Bertz CT molecular complexity index is 436. The predicted octanol–water partition coefficient (Wildman–Crippen LogP) is 4.23.